The highest BCUT2D eigenvalue weighted by Gasteiger charge is 2.15. The summed E-state index contributed by atoms with van der Waals surface area (Å²) in [5.74, 6) is 2.15. The van der Waals surface area contributed by atoms with Gasteiger partial charge in [0.1, 0.15) is 17.2 Å². The number of rotatable bonds is 7. The number of benzene rings is 3. The van der Waals surface area contributed by atoms with Gasteiger partial charge >= 0.3 is 0 Å². The summed E-state index contributed by atoms with van der Waals surface area (Å²) in [5, 5.41) is 0. The third kappa shape index (κ3) is 4.41. The summed E-state index contributed by atoms with van der Waals surface area (Å²) >= 11 is 0. The zero-order chi connectivity index (χ0) is 19.9. The lowest BCUT2D eigenvalue weighted by atomic mass is 9.94. The van der Waals surface area contributed by atoms with E-state index in [-0.39, 0.29) is 5.78 Å². The molecule has 0 aliphatic rings. The van der Waals surface area contributed by atoms with Crippen LogP contribution in [-0.2, 0) is 0 Å². The lowest BCUT2D eigenvalue weighted by Crippen LogP contribution is -2.03. The van der Waals surface area contributed by atoms with E-state index >= 15 is 0 Å². The van der Waals surface area contributed by atoms with E-state index in [1.807, 2.05) is 54.6 Å². The standard InChI is InChI=1S/C24H22O4/c1-26-20-10-4-17(5-11-20)16-23(18-6-12-21(27-2)13-7-18)24(25)19-8-14-22(28-3)15-9-19/h4-16H,1-3H3. The number of hydrogen-bond donors (Lipinski definition) is 0. The predicted molar refractivity (Wildman–Crippen MR) is 111 cm³/mol. The Labute approximate surface area is 165 Å². The number of carbonyl (C=O) groups is 1. The van der Waals surface area contributed by atoms with Gasteiger partial charge < -0.3 is 14.2 Å². The Kier molecular flexibility index (Phi) is 6.12. The fourth-order valence-corrected chi connectivity index (χ4v) is 2.82. The monoisotopic (exact) mass is 374 g/mol. The zero-order valence-electron chi connectivity index (χ0n) is 16.1. The number of ketones is 1. The van der Waals surface area contributed by atoms with Gasteiger partial charge in [-0.1, -0.05) is 24.3 Å². The minimum absolute atomic E-state index is 0.0661. The number of carbonyl (C=O) groups excluding carboxylic acids is 1. The van der Waals surface area contributed by atoms with Crippen LogP contribution in [0.3, 0.4) is 0 Å². The van der Waals surface area contributed by atoms with Crippen molar-refractivity contribution in [3.8, 4) is 17.2 Å². The SMILES string of the molecule is COc1ccc(C=C(C(=O)c2ccc(OC)cc2)c2ccc(OC)cc2)cc1. The molecular formula is C24H22O4. The first-order valence-corrected chi connectivity index (χ1v) is 8.83. The van der Waals surface area contributed by atoms with Crippen molar-refractivity contribution in [3.63, 3.8) is 0 Å². The van der Waals surface area contributed by atoms with Gasteiger partial charge in [-0.3, -0.25) is 4.79 Å². The third-order valence-electron chi connectivity index (χ3n) is 4.42. The highest BCUT2D eigenvalue weighted by atomic mass is 16.5. The molecule has 0 unspecified atom stereocenters. The lowest BCUT2D eigenvalue weighted by Gasteiger charge is -2.10. The molecule has 0 aromatic heterocycles. The van der Waals surface area contributed by atoms with E-state index in [1.54, 1.807) is 45.6 Å². The van der Waals surface area contributed by atoms with Crippen LogP contribution in [0, 0.1) is 0 Å². The van der Waals surface area contributed by atoms with Crippen molar-refractivity contribution in [1.29, 1.82) is 0 Å². The van der Waals surface area contributed by atoms with Gasteiger partial charge in [0.2, 0.25) is 0 Å². The second-order valence-electron chi connectivity index (χ2n) is 6.12. The van der Waals surface area contributed by atoms with E-state index in [9.17, 15) is 4.79 Å². The van der Waals surface area contributed by atoms with Crippen molar-refractivity contribution in [3.05, 3.63) is 89.5 Å². The van der Waals surface area contributed by atoms with Crippen molar-refractivity contribution in [1.82, 2.24) is 0 Å². The smallest absolute Gasteiger partial charge is 0.193 e. The van der Waals surface area contributed by atoms with E-state index < -0.39 is 0 Å². The van der Waals surface area contributed by atoms with Gasteiger partial charge in [-0.2, -0.15) is 0 Å². The Hall–Kier alpha value is -3.53. The third-order valence-corrected chi connectivity index (χ3v) is 4.42. The minimum atomic E-state index is -0.0661. The maximum atomic E-state index is 13.3. The molecule has 0 N–H and O–H groups in total. The minimum Gasteiger partial charge on any atom is -0.497 e. The summed E-state index contributed by atoms with van der Waals surface area (Å²) in [6.07, 6.45) is 1.88. The normalized spacial score (nSPS) is 11.0. The van der Waals surface area contributed by atoms with Crippen LogP contribution in [0.15, 0.2) is 72.8 Å². The van der Waals surface area contributed by atoms with Crippen LogP contribution in [0.5, 0.6) is 17.2 Å². The van der Waals surface area contributed by atoms with E-state index in [0.29, 0.717) is 16.9 Å². The average molecular weight is 374 g/mol. The molecule has 0 saturated heterocycles. The molecule has 4 nitrogen and oxygen atoms in total. The summed E-state index contributed by atoms with van der Waals surface area (Å²) in [5.41, 5.74) is 2.92. The molecule has 142 valence electrons. The maximum absolute atomic E-state index is 13.3. The van der Waals surface area contributed by atoms with E-state index in [0.717, 1.165) is 22.6 Å². The molecule has 28 heavy (non-hydrogen) atoms. The number of Topliss-reactive ketones (excluding diaryl/α,β-unsaturated/α-hetero) is 1. The topological polar surface area (TPSA) is 44.8 Å². The second kappa shape index (κ2) is 8.91. The molecule has 0 radical (unpaired) electrons. The fraction of sp³-hybridized carbons (Fsp3) is 0.125. The summed E-state index contributed by atoms with van der Waals surface area (Å²) in [4.78, 5) is 13.3. The van der Waals surface area contributed by atoms with Crippen molar-refractivity contribution in [2.75, 3.05) is 21.3 Å². The maximum Gasteiger partial charge on any atom is 0.193 e. The van der Waals surface area contributed by atoms with Crippen LogP contribution in [0.2, 0.25) is 0 Å². The van der Waals surface area contributed by atoms with E-state index in [1.165, 1.54) is 0 Å². The van der Waals surface area contributed by atoms with E-state index in [4.69, 9.17) is 14.2 Å². The molecule has 3 aromatic carbocycles. The summed E-state index contributed by atoms with van der Waals surface area (Å²) in [6, 6.07) is 22.2. The van der Waals surface area contributed by atoms with Gasteiger partial charge in [-0.05, 0) is 65.7 Å². The quantitative estimate of drug-likeness (QED) is 0.326. The lowest BCUT2D eigenvalue weighted by molar-refractivity contribution is 0.105. The van der Waals surface area contributed by atoms with Crippen LogP contribution in [0.25, 0.3) is 11.6 Å². The van der Waals surface area contributed by atoms with Gasteiger partial charge in [0.15, 0.2) is 5.78 Å². The summed E-state index contributed by atoms with van der Waals surface area (Å²) < 4.78 is 15.6. The van der Waals surface area contributed by atoms with E-state index in [2.05, 4.69) is 0 Å². The van der Waals surface area contributed by atoms with Gasteiger partial charge in [0.25, 0.3) is 0 Å². The number of allylic oxidation sites excluding steroid dienone is 1. The molecule has 0 aliphatic carbocycles. The highest BCUT2D eigenvalue weighted by molar-refractivity contribution is 6.32. The van der Waals surface area contributed by atoms with Gasteiger partial charge in [0, 0.05) is 11.1 Å². The predicted octanol–water partition coefficient (Wildman–Crippen LogP) is 5.14. The first-order chi connectivity index (χ1) is 13.6. The molecule has 0 spiro atoms. The summed E-state index contributed by atoms with van der Waals surface area (Å²) in [6.45, 7) is 0. The number of ether oxygens (including phenoxy) is 3. The first-order valence-electron chi connectivity index (χ1n) is 8.83. The highest BCUT2D eigenvalue weighted by Crippen LogP contribution is 2.26. The Morgan fingerprint density at radius 2 is 1.00 bits per heavy atom. The average Bonchev–Trinajstić information content (AvgIpc) is 2.77. The van der Waals surface area contributed by atoms with Gasteiger partial charge in [-0.25, -0.2) is 0 Å². The van der Waals surface area contributed by atoms with Crippen LogP contribution in [-0.4, -0.2) is 27.1 Å². The fourth-order valence-electron chi connectivity index (χ4n) is 2.82. The number of methoxy groups -OCH3 is 3. The first kappa shape index (κ1) is 19.2. The molecule has 0 aliphatic heterocycles. The second-order valence-corrected chi connectivity index (χ2v) is 6.12. The molecule has 0 saturated carbocycles. The van der Waals surface area contributed by atoms with Crippen LogP contribution in [0.4, 0.5) is 0 Å². The van der Waals surface area contributed by atoms with Crippen LogP contribution in [0.1, 0.15) is 21.5 Å². The molecular weight excluding hydrogens is 352 g/mol. The Morgan fingerprint density at radius 3 is 1.43 bits per heavy atom. The Bertz CT molecular complexity index is 953. The largest absolute Gasteiger partial charge is 0.497 e. The van der Waals surface area contributed by atoms with Gasteiger partial charge in [-0.15, -0.1) is 0 Å². The zero-order valence-corrected chi connectivity index (χ0v) is 16.1. The summed E-state index contributed by atoms with van der Waals surface area (Å²) in [7, 11) is 4.84. The molecule has 0 atom stereocenters. The van der Waals surface area contributed by atoms with Gasteiger partial charge in [0.05, 0.1) is 21.3 Å². The Morgan fingerprint density at radius 1 is 0.607 bits per heavy atom. The number of hydrogen-bond acceptors (Lipinski definition) is 4. The molecule has 4 heteroatoms. The van der Waals surface area contributed by atoms with Crippen molar-refractivity contribution in [2.24, 2.45) is 0 Å². The molecule has 0 heterocycles. The molecule has 0 bridgehead atoms. The molecule has 0 amide bonds. The van der Waals surface area contributed by atoms with Crippen molar-refractivity contribution < 1.29 is 19.0 Å². The van der Waals surface area contributed by atoms with Crippen LogP contribution >= 0.6 is 0 Å². The molecule has 0 fully saturated rings. The molecule has 3 rings (SSSR count). The van der Waals surface area contributed by atoms with Crippen molar-refractivity contribution in [2.45, 2.75) is 0 Å². The van der Waals surface area contributed by atoms with Crippen LogP contribution < -0.4 is 14.2 Å². The van der Waals surface area contributed by atoms with Crippen molar-refractivity contribution >= 4 is 17.4 Å². The Balaban J connectivity index is 2.03. The molecule has 3 aromatic rings.